The summed E-state index contributed by atoms with van der Waals surface area (Å²) in [6.07, 6.45) is 2.03. The van der Waals surface area contributed by atoms with Crippen molar-refractivity contribution in [2.24, 2.45) is 0 Å². The Morgan fingerprint density at radius 2 is 1.96 bits per heavy atom. The van der Waals surface area contributed by atoms with Gasteiger partial charge in [0.15, 0.2) is 6.61 Å². The first kappa shape index (κ1) is 19.2. The highest BCUT2D eigenvalue weighted by Crippen LogP contribution is 2.28. The smallest absolute Gasteiger partial charge is 0.344 e. The Morgan fingerprint density at radius 3 is 2.67 bits per heavy atom. The Labute approximate surface area is 161 Å². The van der Waals surface area contributed by atoms with Gasteiger partial charge in [0, 0.05) is 11.6 Å². The highest BCUT2D eigenvalue weighted by molar-refractivity contribution is 7.13. The Morgan fingerprint density at radius 1 is 1.22 bits per heavy atom. The van der Waals surface area contributed by atoms with E-state index in [4.69, 9.17) is 9.47 Å². The van der Waals surface area contributed by atoms with E-state index in [-0.39, 0.29) is 12.5 Å². The summed E-state index contributed by atoms with van der Waals surface area (Å²) in [5, 5.41) is 15.6. The van der Waals surface area contributed by atoms with Crippen LogP contribution in [-0.4, -0.2) is 48.4 Å². The average Bonchev–Trinajstić information content (AvgIpc) is 3.19. The maximum atomic E-state index is 12.4. The van der Waals surface area contributed by atoms with Crippen molar-refractivity contribution in [3.05, 3.63) is 34.3 Å². The van der Waals surface area contributed by atoms with Gasteiger partial charge >= 0.3 is 5.97 Å². The number of benzene rings is 1. The second-order valence-corrected chi connectivity index (χ2v) is 7.05. The van der Waals surface area contributed by atoms with E-state index in [1.54, 1.807) is 31.2 Å². The van der Waals surface area contributed by atoms with Crippen LogP contribution in [0.4, 0.5) is 5.69 Å². The summed E-state index contributed by atoms with van der Waals surface area (Å²) in [7, 11) is 0. The van der Waals surface area contributed by atoms with E-state index < -0.39 is 5.97 Å². The van der Waals surface area contributed by atoms with Crippen LogP contribution in [0.3, 0.4) is 0 Å². The lowest BCUT2D eigenvalue weighted by molar-refractivity contribution is -0.145. The minimum absolute atomic E-state index is 0.149. The zero-order valence-corrected chi connectivity index (χ0v) is 15.9. The normalized spacial score (nSPS) is 14.6. The third-order valence-corrected chi connectivity index (χ3v) is 5.18. The number of carbonyl (C=O) groups excluding carboxylic acids is 2. The fourth-order valence-electron chi connectivity index (χ4n) is 2.72. The summed E-state index contributed by atoms with van der Waals surface area (Å²) in [6, 6.07) is 6.76. The first-order valence-electron chi connectivity index (χ1n) is 8.89. The molecule has 1 saturated heterocycles. The third kappa shape index (κ3) is 5.48. The summed E-state index contributed by atoms with van der Waals surface area (Å²) >= 11 is 1.35. The van der Waals surface area contributed by atoms with Gasteiger partial charge in [-0.1, -0.05) is 11.3 Å². The van der Waals surface area contributed by atoms with Crippen molar-refractivity contribution >= 4 is 28.9 Å². The zero-order valence-electron chi connectivity index (χ0n) is 15.1. The Kier molecular flexibility index (Phi) is 6.72. The predicted octanol–water partition coefficient (Wildman–Crippen LogP) is 2.20. The molecule has 1 fully saturated rings. The van der Waals surface area contributed by atoms with Crippen LogP contribution in [0.5, 0.6) is 5.75 Å². The van der Waals surface area contributed by atoms with Gasteiger partial charge < -0.3 is 20.1 Å². The standard InChI is InChI=1S/C18H22N4O4S/c1-2-25-15(23)11-26-14-5-3-13(4-6-14)20-16(24)18-22-21-17(27-18)12-7-9-19-10-8-12/h3-6,12,19H,2,7-11H2,1H3,(H,20,24). The summed E-state index contributed by atoms with van der Waals surface area (Å²) in [6.45, 7) is 3.84. The van der Waals surface area contributed by atoms with Gasteiger partial charge in [0.05, 0.1) is 6.61 Å². The van der Waals surface area contributed by atoms with Crippen molar-refractivity contribution in [2.45, 2.75) is 25.7 Å². The van der Waals surface area contributed by atoms with Gasteiger partial charge in [-0.3, -0.25) is 4.79 Å². The number of hydrogen-bond donors (Lipinski definition) is 2. The molecule has 3 rings (SSSR count). The van der Waals surface area contributed by atoms with Crippen LogP contribution in [0.1, 0.15) is 40.5 Å². The maximum absolute atomic E-state index is 12.4. The number of amides is 1. The van der Waals surface area contributed by atoms with Crippen molar-refractivity contribution in [1.29, 1.82) is 0 Å². The molecule has 27 heavy (non-hydrogen) atoms. The number of carbonyl (C=O) groups is 2. The molecule has 2 heterocycles. The van der Waals surface area contributed by atoms with Crippen LogP contribution in [0.15, 0.2) is 24.3 Å². The summed E-state index contributed by atoms with van der Waals surface area (Å²) in [5.41, 5.74) is 0.613. The molecule has 2 N–H and O–H groups in total. The van der Waals surface area contributed by atoms with E-state index in [9.17, 15) is 9.59 Å². The van der Waals surface area contributed by atoms with Crippen LogP contribution in [0.25, 0.3) is 0 Å². The molecule has 0 saturated carbocycles. The number of esters is 1. The molecule has 1 aromatic carbocycles. The van der Waals surface area contributed by atoms with E-state index >= 15 is 0 Å². The molecule has 8 nitrogen and oxygen atoms in total. The van der Waals surface area contributed by atoms with Gasteiger partial charge in [-0.05, 0) is 57.1 Å². The SMILES string of the molecule is CCOC(=O)COc1ccc(NC(=O)c2nnc(C3CCNCC3)s2)cc1. The fourth-order valence-corrected chi connectivity index (χ4v) is 3.63. The molecule has 0 radical (unpaired) electrons. The van der Waals surface area contributed by atoms with E-state index in [1.807, 2.05) is 0 Å². The highest BCUT2D eigenvalue weighted by Gasteiger charge is 2.21. The number of aromatic nitrogens is 2. The molecule has 9 heteroatoms. The molecule has 0 spiro atoms. The molecule has 144 valence electrons. The lowest BCUT2D eigenvalue weighted by Crippen LogP contribution is -2.26. The maximum Gasteiger partial charge on any atom is 0.344 e. The first-order chi connectivity index (χ1) is 13.2. The highest BCUT2D eigenvalue weighted by atomic mass is 32.1. The number of nitrogens with one attached hydrogen (secondary N) is 2. The van der Waals surface area contributed by atoms with Crippen molar-refractivity contribution < 1.29 is 19.1 Å². The molecule has 0 unspecified atom stereocenters. The van der Waals surface area contributed by atoms with Crippen molar-refractivity contribution in [2.75, 3.05) is 31.6 Å². The van der Waals surface area contributed by atoms with E-state index in [2.05, 4.69) is 20.8 Å². The number of hydrogen-bond acceptors (Lipinski definition) is 8. The monoisotopic (exact) mass is 390 g/mol. The lowest BCUT2D eigenvalue weighted by Gasteiger charge is -2.19. The number of piperidine rings is 1. The number of rotatable bonds is 7. The fraction of sp³-hybridized carbons (Fsp3) is 0.444. The molecule has 1 aliphatic rings. The number of nitrogens with zero attached hydrogens (tertiary/aromatic N) is 2. The molecule has 0 atom stereocenters. The van der Waals surface area contributed by atoms with Gasteiger partial charge in [0.2, 0.25) is 5.01 Å². The predicted molar refractivity (Wildman–Crippen MR) is 101 cm³/mol. The van der Waals surface area contributed by atoms with E-state index in [1.165, 1.54) is 11.3 Å². The van der Waals surface area contributed by atoms with E-state index in [0.717, 1.165) is 30.9 Å². The Balaban J connectivity index is 1.53. The quantitative estimate of drug-likeness (QED) is 0.699. The zero-order chi connectivity index (χ0) is 19.1. The topological polar surface area (TPSA) is 102 Å². The third-order valence-electron chi connectivity index (χ3n) is 4.10. The Bertz CT molecular complexity index is 772. The second-order valence-electron chi connectivity index (χ2n) is 6.04. The lowest BCUT2D eigenvalue weighted by atomic mass is 9.99. The second kappa shape index (κ2) is 9.43. The van der Waals surface area contributed by atoms with Crippen LogP contribution in [0, 0.1) is 0 Å². The van der Waals surface area contributed by atoms with Crippen LogP contribution in [0.2, 0.25) is 0 Å². The van der Waals surface area contributed by atoms with Crippen molar-refractivity contribution in [1.82, 2.24) is 15.5 Å². The summed E-state index contributed by atoms with van der Waals surface area (Å²) < 4.78 is 10.1. The van der Waals surface area contributed by atoms with Gasteiger partial charge in [-0.2, -0.15) is 0 Å². The summed E-state index contributed by atoms with van der Waals surface area (Å²) in [5.74, 6) is 0.190. The molecule has 0 bridgehead atoms. The van der Waals surface area contributed by atoms with Gasteiger partial charge in [0.1, 0.15) is 10.8 Å². The molecular weight excluding hydrogens is 368 g/mol. The Hall–Kier alpha value is -2.52. The van der Waals surface area contributed by atoms with Crippen molar-refractivity contribution in [3.8, 4) is 5.75 Å². The van der Waals surface area contributed by atoms with Crippen LogP contribution in [-0.2, 0) is 9.53 Å². The largest absolute Gasteiger partial charge is 0.482 e. The molecular formula is C18H22N4O4S. The van der Waals surface area contributed by atoms with Crippen molar-refractivity contribution in [3.63, 3.8) is 0 Å². The molecule has 0 aliphatic carbocycles. The number of anilines is 1. The minimum atomic E-state index is -0.421. The minimum Gasteiger partial charge on any atom is -0.482 e. The molecule has 2 aromatic rings. The molecule has 1 aromatic heterocycles. The van der Waals surface area contributed by atoms with Gasteiger partial charge in [-0.25, -0.2) is 4.79 Å². The average molecular weight is 390 g/mol. The van der Waals surface area contributed by atoms with E-state index in [0.29, 0.717) is 29.0 Å². The number of ether oxygens (including phenoxy) is 2. The van der Waals surface area contributed by atoms with Gasteiger partial charge in [0.25, 0.3) is 5.91 Å². The molecule has 1 aliphatic heterocycles. The molecule has 1 amide bonds. The first-order valence-corrected chi connectivity index (χ1v) is 9.71. The summed E-state index contributed by atoms with van der Waals surface area (Å²) in [4.78, 5) is 23.7. The van der Waals surface area contributed by atoms with Crippen LogP contribution < -0.4 is 15.4 Å². The van der Waals surface area contributed by atoms with Gasteiger partial charge in [-0.15, -0.1) is 10.2 Å². The van der Waals surface area contributed by atoms with Crippen LogP contribution >= 0.6 is 11.3 Å².